The van der Waals surface area contributed by atoms with E-state index in [2.05, 4.69) is 5.32 Å². The highest BCUT2D eigenvalue weighted by atomic mass is 32.2. The molecule has 202 valence electrons. The molecule has 0 spiro atoms. The number of nitrogens with one attached hydrogen (secondary N) is 1. The molecule has 1 N–H and O–H groups in total. The number of methoxy groups -OCH3 is 1. The number of benzene rings is 3. The number of aryl methyl sites for hydroxylation is 1. The first-order valence-corrected chi connectivity index (χ1v) is 14.0. The second-order valence-corrected chi connectivity index (χ2v) is 10.6. The van der Waals surface area contributed by atoms with Crippen LogP contribution in [0.25, 0.3) is 0 Å². The molecule has 0 saturated heterocycles. The minimum atomic E-state index is -4.09. The molecule has 3 aromatic carbocycles. The number of para-hydroxylation sites is 1. The SMILES string of the molecule is CCc1ccccc1N(CC(=O)N(Cc1ccc(OC)cc1)C(CC)C(=O)NC)S(=O)(=O)c1ccccc1. The third kappa shape index (κ3) is 6.52. The molecule has 0 fully saturated rings. The molecule has 9 heteroatoms. The van der Waals surface area contributed by atoms with Crippen LogP contribution in [0.2, 0.25) is 0 Å². The molecule has 8 nitrogen and oxygen atoms in total. The zero-order chi connectivity index (χ0) is 27.7. The van der Waals surface area contributed by atoms with Crippen molar-refractivity contribution >= 4 is 27.5 Å². The van der Waals surface area contributed by atoms with Crippen LogP contribution in [-0.2, 0) is 32.6 Å². The Hall–Kier alpha value is -3.85. The summed E-state index contributed by atoms with van der Waals surface area (Å²) in [5.74, 6) is -0.135. The van der Waals surface area contributed by atoms with Crippen LogP contribution >= 0.6 is 0 Å². The third-order valence-corrected chi connectivity index (χ3v) is 8.17. The number of likely N-dealkylation sites (N-methyl/N-ethyl adjacent to an activating group) is 1. The molecule has 0 aromatic heterocycles. The highest BCUT2D eigenvalue weighted by molar-refractivity contribution is 7.92. The zero-order valence-electron chi connectivity index (χ0n) is 22.3. The van der Waals surface area contributed by atoms with Crippen molar-refractivity contribution in [3.63, 3.8) is 0 Å². The number of anilines is 1. The van der Waals surface area contributed by atoms with Gasteiger partial charge in [0.25, 0.3) is 10.0 Å². The minimum Gasteiger partial charge on any atom is -0.497 e. The number of hydrogen-bond donors (Lipinski definition) is 1. The summed E-state index contributed by atoms with van der Waals surface area (Å²) < 4.78 is 34.1. The van der Waals surface area contributed by atoms with Crippen LogP contribution in [0.15, 0.2) is 83.8 Å². The Kier molecular flexibility index (Phi) is 9.90. The summed E-state index contributed by atoms with van der Waals surface area (Å²) in [5.41, 5.74) is 2.01. The predicted molar refractivity (Wildman–Crippen MR) is 148 cm³/mol. The maximum absolute atomic E-state index is 14.0. The van der Waals surface area contributed by atoms with Crippen molar-refractivity contribution in [1.82, 2.24) is 10.2 Å². The summed E-state index contributed by atoms with van der Waals surface area (Å²) in [6, 6.07) is 21.6. The van der Waals surface area contributed by atoms with E-state index >= 15 is 0 Å². The van der Waals surface area contributed by atoms with Gasteiger partial charge in [-0.05, 0) is 54.3 Å². The molecule has 1 unspecified atom stereocenters. The van der Waals surface area contributed by atoms with E-state index in [1.165, 1.54) is 24.1 Å². The second kappa shape index (κ2) is 13.1. The number of rotatable bonds is 12. The largest absolute Gasteiger partial charge is 0.497 e. The number of carbonyl (C=O) groups excluding carboxylic acids is 2. The van der Waals surface area contributed by atoms with Crippen LogP contribution in [0.5, 0.6) is 5.75 Å². The van der Waals surface area contributed by atoms with E-state index in [1.54, 1.807) is 49.6 Å². The van der Waals surface area contributed by atoms with Crippen molar-refractivity contribution in [3.05, 3.63) is 90.0 Å². The molecule has 3 rings (SSSR count). The molecule has 0 heterocycles. The molecule has 0 radical (unpaired) electrons. The standard InChI is InChI=1S/C29H35N3O5S/c1-5-23-12-10-11-15-27(23)32(38(35,36)25-13-8-7-9-14-25)21-28(33)31(26(6-2)29(34)30-3)20-22-16-18-24(37-4)19-17-22/h7-19,26H,5-6,20-21H2,1-4H3,(H,30,34). The van der Waals surface area contributed by atoms with Gasteiger partial charge in [-0.2, -0.15) is 0 Å². The van der Waals surface area contributed by atoms with Crippen molar-refractivity contribution in [2.24, 2.45) is 0 Å². The van der Waals surface area contributed by atoms with Gasteiger partial charge in [0.05, 0.1) is 17.7 Å². The van der Waals surface area contributed by atoms with Crippen molar-refractivity contribution in [2.45, 2.75) is 44.2 Å². The van der Waals surface area contributed by atoms with Crippen LogP contribution in [0.3, 0.4) is 0 Å². The van der Waals surface area contributed by atoms with E-state index in [9.17, 15) is 18.0 Å². The van der Waals surface area contributed by atoms with Gasteiger partial charge in [-0.15, -0.1) is 0 Å². The summed E-state index contributed by atoms with van der Waals surface area (Å²) >= 11 is 0. The summed E-state index contributed by atoms with van der Waals surface area (Å²) in [4.78, 5) is 28.3. The molecule has 0 aliphatic rings. The lowest BCUT2D eigenvalue weighted by molar-refractivity contribution is -0.140. The number of carbonyl (C=O) groups is 2. The number of amides is 2. The summed E-state index contributed by atoms with van der Waals surface area (Å²) in [7, 11) is -0.999. The zero-order valence-corrected chi connectivity index (χ0v) is 23.1. The highest BCUT2D eigenvalue weighted by Crippen LogP contribution is 2.28. The van der Waals surface area contributed by atoms with E-state index in [0.29, 0.717) is 24.3 Å². The Morgan fingerprint density at radius 1 is 0.921 bits per heavy atom. The Labute approximate surface area is 225 Å². The van der Waals surface area contributed by atoms with Gasteiger partial charge >= 0.3 is 0 Å². The monoisotopic (exact) mass is 537 g/mol. The minimum absolute atomic E-state index is 0.0822. The first-order valence-electron chi connectivity index (χ1n) is 12.6. The Morgan fingerprint density at radius 3 is 2.13 bits per heavy atom. The molecule has 0 bridgehead atoms. The van der Waals surface area contributed by atoms with E-state index in [1.807, 2.05) is 38.1 Å². The van der Waals surface area contributed by atoms with Gasteiger partial charge < -0.3 is 15.0 Å². The van der Waals surface area contributed by atoms with Crippen LogP contribution in [0, 0.1) is 0 Å². The first-order chi connectivity index (χ1) is 18.3. The predicted octanol–water partition coefficient (Wildman–Crippen LogP) is 4.01. The molecular weight excluding hydrogens is 502 g/mol. The molecule has 38 heavy (non-hydrogen) atoms. The quantitative estimate of drug-likeness (QED) is 0.377. The number of nitrogens with zero attached hydrogens (tertiary/aromatic N) is 2. The average molecular weight is 538 g/mol. The van der Waals surface area contributed by atoms with E-state index < -0.39 is 28.5 Å². The highest BCUT2D eigenvalue weighted by Gasteiger charge is 2.34. The molecular formula is C29H35N3O5S. The fourth-order valence-electron chi connectivity index (χ4n) is 4.30. The van der Waals surface area contributed by atoms with Gasteiger partial charge in [0, 0.05) is 13.6 Å². The molecule has 2 amide bonds. The van der Waals surface area contributed by atoms with Gasteiger partial charge in [-0.1, -0.05) is 62.4 Å². The lowest BCUT2D eigenvalue weighted by Gasteiger charge is -2.33. The van der Waals surface area contributed by atoms with Crippen molar-refractivity contribution in [1.29, 1.82) is 0 Å². The van der Waals surface area contributed by atoms with Crippen LogP contribution < -0.4 is 14.4 Å². The normalized spacial score (nSPS) is 11.9. The maximum atomic E-state index is 14.0. The molecule has 0 saturated carbocycles. The van der Waals surface area contributed by atoms with Gasteiger partial charge in [-0.3, -0.25) is 13.9 Å². The maximum Gasteiger partial charge on any atom is 0.264 e. The van der Waals surface area contributed by atoms with E-state index in [-0.39, 0.29) is 17.3 Å². The van der Waals surface area contributed by atoms with Gasteiger partial charge in [0.15, 0.2) is 0 Å². The van der Waals surface area contributed by atoms with Crippen LogP contribution in [0.4, 0.5) is 5.69 Å². The fourth-order valence-corrected chi connectivity index (χ4v) is 5.77. The number of sulfonamides is 1. The van der Waals surface area contributed by atoms with Crippen molar-refractivity contribution in [3.8, 4) is 5.75 Å². The van der Waals surface area contributed by atoms with E-state index in [0.717, 1.165) is 15.4 Å². The molecule has 0 aliphatic carbocycles. The van der Waals surface area contributed by atoms with Gasteiger partial charge in [0.2, 0.25) is 11.8 Å². The smallest absolute Gasteiger partial charge is 0.264 e. The Bertz CT molecular complexity index is 1330. The molecule has 3 aromatic rings. The average Bonchev–Trinajstić information content (AvgIpc) is 2.96. The second-order valence-electron chi connectivity index (χ2n) is 8.72. The number of hydrogen-bond acceptors (Lipinski definition) is 5. The van der Waals surface area contributed by atoms with Gasteiger partial charge in [-0.25, -0.2) is 8.42 Å². The third-order valence-electron chi connectivity index (χ3n) is 6.40. The lowest BCUT2D eigenvalue weighted by Crippen LogP contribution is -2.51. The molecule has 0 aliphatic heterocycles. The van der Waals surface area contributed by atoms with E-state index in [4.69, 9.17) is 4.74 Å². The molecule has 1 atom stereocenters. The number of ether oxygens (including phenoxy) is 1. The Morgan fingerprint density at radius 2 is 1.55 bits per heavy atom. The van der Waals surface area contributed by atoms with Crippen LogP contribution in [-0.4, -0.2) is 51.9 Å². The topological polar surface area (TPSA) is 96.0 Å². The lowest BCUT2D eigenvalue weighted by atomic mass is 10.1. The van der Waals surface area contributed by atoms with Crippen LogP contribution in [0.1, 0.15) is 31.4 Å². The van der Waals surface area contributed by atoms with Gasteiger partial charge in [0.1, 0.15) is 18.3 Å². The fraction of sp³-hybridized carbons (Fsp3) is 0.310. The first kappa shape index (κ1) is 28.7. The van der Waals surface area contributed by atoms with Crippen molar-refractivity contribution in [2.75, 3.05) is 25.0 Å². The summed E-state index contributed by atoms with van der Waals surface area (Å²) in [6.45, 7) is 3.42. The summed E-state index contributed by atoms with van der Waals surface area (Å²) in [6.07, 6.45) is 0.940. The van der Waals surface area contributed by atoms with Crippen molar-refractivity contribution < 1.29 is 22.7 Å². The summed E-state index contributed by atoms with van der Waals surface area (Å²) in [5, 5.41) is 2.63. The Balaban J connectivity index is 2.07.